The van der Waals surface area contributed by atoms with Crippen molar-refractivity contribution >= 4 is 29.1 Å². The Balaban J connectivity index is 1.62. The van der Waals surface area contributed by atoms with Crippen LogP contribution in [0.1, 0.15) is 36.9 Å². The van der Waals surface area contributed by atoms with Crippen LogP contribution in [0.25, 0.3) is 0 Å². The Morgan fingerprint density at radius 2 is 1.79 bits per heavy atom. The van der Waals surface area contributed by atoms with E-state index >= 15 is 0 Å². The van der Waals surface area contributed by atoms with Gasteiger partial charge in [0.2, 0.25) is 17.7 Å². The topological polar surface area (TPSA) is 69.7 Å². The zero-order chi connectivity index (χ0) is 20.3. The Kier molecular flexibility index (Phi) is 5.78. The molecule has 0 aromatic heterocycles. The Bertz CT molecular complexity index is 892. The summed E-state index contributed by atoms with van der Waals surface area (Å²) < 4.78 is 0. The van der Waals surface area contributed by atoms with Gasteiger partial charge in [0, 0.05) is 19.9 Å². The van der Waals surface area contributed by atoms with Crippen LogP contribution < -0.4 is 10.2 Å². The summed E-state index contributed by atoms with van der Waals surface area (Å²) in [7, 11) is 1.75. The molecule has 28 heavy (non-hydrogen) atoms. The number of fused-ring (bicyclic) bond motifs is 1. The molecular weight excluding hydrogens is 354 g/mol. The van der Waals surface area contributed by atoms with Gasteiger partial charge in [0.15, 0.2) is 0 Å². The number of nitrogens with zero attached hydrogens (tertiary/aromatic N) is 2. The molecule has 0 spiro atoms. The second kappa shape index (κ2) is 8.25. The summed E-state index contributed by atoms with van der Waals surface area (Å²) in [5.74, 6) is -0.563. The zero-order valence-electron chi connectivity index (χ0n) is 16.4. The van der Waals surface area contributed by atoms with Crippen molar-refractivity contribution in [1.29, 1.82) is 0 Å². The minimum atomic E-state index is -0.233. The lowest BCUT2D eigenvalue weighted by Gasteiger charge is -2.30. The van der Waals surface area contributed by atoms with Gasteiger partial charge < -0.3 is 15.1 Å². The van der Waals surface area contributed by atoms with Gasteiger partial charge in [-0.1, -0.05) is 42.0 Å². The van der Waals surface area contributed by atoms with Gasteiger partial charge in [-0.15, -0.1) is 0 Å². The van der Waals surface area contributed by atoms with Crippen LogP contribution in [0.15, 0.2) is 48.5 Å². The molecule has 6 nitrogen and oxygen atoms in total. The molecule has 2 aromatic rings. The smallest absolute Gasteiger partial charge is 0.244 e. The van der Waals surface area contributed by atoms with E-state index in [9.17, 15) is 14.4 Å². The molecule has 6 heteroatoms. The standard InChI is InChI=1S/C22H25N3O3/c1-15-8-10-17(11-9-15)16(2)24(3)21(27)12-13-22(28)25-14-20(26)23-18-6-4-5-7-19(18)25/h4-11,16H,12-14H2,1-3H3,(H,23,26). The Morgan fingerprint density at radius 3 is 2.50 bits per heavy atom. The number of amides is 3. The van der Waals surface area contributed by atoms with Gasteiger partial charge in [-0.05, 0) is 31.5 Å². The van der Waals surface area contributed by atoms with Gasteiger partial charge in [0.1, 0.15) is 6.54 Å². The third-order valence-corrected chi connectivity index (χ3v) is 5.16. The third kappa shape index (κ3) is 4.22. The summed E-state index contributed by atoms with van der Waals surface area (Å²) in [4.78, 5) is 40.3. The van der Waals surface area contributed by atoms with Gasteiger partial charge in [-0.2, -0.15) is 0 Å². The SMILES string of the molecule is Cc1ccc(C(C)N(C)C(=O)CCC(=O)N2CC(=O)Nc3ccccc32)cc1. The number of carbonyl (C=O) groups excluding carboxylic acids is 3. The van der Waals surface area contributed by atoms with Crippen molar-refractivity contribution in [3.63, 3.8) is 0 Å². The van der Waals surface area contributed by atoms with E-state index in [0.29, 0.717) is 11.4 Å². The number of aryl methyl sites for hydroxylation is 1. The molecule has 2 aromatic carbocycles. The van der Waals surface area contributed by atoms with E-state index in [1.165, 1.54) is 10.5 Å². The molecule has 1 aliphatic rings. The van der Waals surface area contributed by atoms with Crippen LogP contribution in [0, 0.1) is 6.92 Å². The largest absolute Gasteiger partial charge is 0.339 e. The van der Waals surface area contributed by atoms with E-state index in [1.807, 2.05) is 44.2 Å². The van der Waals surface area contributed by atoms with Crippen LogP contribution in [0.2, 0.25) is 0 Å². The molecule has 3 rings (SSSR count). The molecule has 1 unspecified atom stereocenters. The molecular formula is C22H25N3O3. The maximum Gasteiger partial charge on any atom is 0.244 e. The minimum absolute atomic E-state index is 0.0281. The quantitative estimate of drug-likeness (QED) is 0.867. The highest BCUT2D eigenvalue weighted by Gasteiger charge is 2.27. The molecule has 1 atom stereocenters. The van der Waals surface area contributed by atoms with E-state index in [-0.39, 0.29) is 43.1 Å². The number of anilines is 2. The summed E-state index contributed by atoms with van der Waals surface area (Å²) >= 11 is 0. The van der Waals surface area contributed by atoms with Crippen LogP contribution in [-0.2, 0) is 14.4 Å². The first-order valence-corrected chi connectivity index (χ1v) is 9.38. The molecule has 146 valence electrons. The Hall–Kier alpha value is -3.15. The van der Waals surface area contributed by atoms with Gasteiger partial charge in [0.25, 0.3) is 0 Å². The van der Waals surface area contributed by atoms with E-state index in [1.54, 1.807) is 30.1 Å². The van der Waals surface area contributed by atoms with Crippen LogP contribution in [0.4, 0.5) is 11.4 Å². The van der Waals surface area contributed by atoms with Crippen molar-refractivity contribution in [3.05, 3.63) is 59.7 Å². The normalized spacial score (nSPS) is 14.1. The number of para-hydroxylation sites is 2. The first kappa shape index (κ1) is 19.6. The summed E-state index contributed by atoms with van der Waals surface area (Å²) in [6.07, 6.45) is 0.164. The molecule has 0 saturated carbocycles. The third-order valence-electron chi connectivity index (χ3n) is 5.16. The summed E-state index contributed by atoms with van der Waals surface area (Å²) in [5, 5.41) is 2.76. The molecule has 0 fully saturated rings. The zero-order valence-corrected chi connectivity index (χ0v) is 16.4. The van der Waals surface area contributed by atoms with Gasteiger partial charge in [-0.25, -0.2) is 0 Å². The highest BCUT2D eigenvalue weighted by Crippen LogP contribution is 2.29. The lowest BCUT2D eigenvalue weighted by Crippen LogP contribution is -2.42. The first-order chi connectivity index (χ1) is 13.4. The van der Waals surface area contributed by atoms with Gasteiger partial charge in [0.05, 0.1) is 17.4 Å². The average molecular weight is 379 g/mol. The average Bonchev–Trinajstić information content (AvgIpc) is 2.70. The fourth-order valence-electron chi connectivity index (χ4n) is 3.27. The predicted octanol–water partition coefficient (Wildman–Crippen LogP) is 3.28. The summed E-state index contributed by atoms with van der Waals surface area (Å²) in [6.45, 7) is 3.96. The highest BCUT2D eigenvalue weighted by atomic mass is 16.2. The number of hydrogen-bond acceptors (Lipinski definition) is 3. The van der Waals surface area contributed by atoms with E-state index < -0.39 is 0 Å². The van der Waals surface area contributed by atoms with E-state index in [4.69, 9.17) is 0 Å². The Morgan fingerprint density at radius 1 is 1.11 bits per heavy atom. The fourth-order valence-corrected chi connectivity index (χ4v) is 3.27. The van der Waals surface area contributed by atoms with Crippen molar-refractivity contribution in [3.8, 4) is 0 Å². The second-order valence-corrected chi connectivity index (χ2v) is 7.14. The molecule has 0 saturated heterocycles. The Labute approximate surface area is 165 Å². The highest BCUT2D eigenvalue weighted by molar-refractivity contribution is 6.10. The van der Waals surface area contributed by atoms with Crippen molar-refractivity contribution in [2.75, 3.05) is 23.8 Å². The maximum atomic E-state index is 12.7. The van der Waals surface area contributed by atoms with Gasteiger partial charge >= 0.3 is 0 Å². The van der Waals surface area contributed by atoms with E-state index in [2.05, 4.69) is 5.32 Å². The second-order valence-electron chi connectivity index (χ2n) is 7.14. The number of carbonyl (C=O) groups is 3. The van der Waals surface area contributed by atoms with Crippen molar-refractivity contribution in [1.82, 2.24) is 4.90 Å². The van der Waals surface area contributed by atoms with Crippen molar-refractivity contribution < 1.29 is 14.4 Å². The molecule has 0 aliphatic carbocycles. The number of nitrogens with one attached hydrogen (secondary N) is 1. The lowest BCUT2D eigenvalue weighted by molar-refractivity contribution is -0.133. The van der Waals surface area contributed by atoms with Crippen LogP contribution in [0.3, 0.4) is 0 Å². The fraction of sp³-hybridized carbons (Fsp3) is 0.318. The molecule has 1 N–H and O–H groups in total. The predicted molar refractivity (Wildman–Crippen MR) is 109 cm³/mol. The maximum absolute atomic E-state index is 12.7. The summed E-state index contributed by atoms with van der Waals surface area (Å²) in [6, 6.07) is 15.2. The monoisotopic (exact) mass is 379 g/mol. The number of rotatable bonds is 5. The molecule has 0 radical (unpaired) electrons. The van der Waals surface area contributed by atoms with Crippen molar-refractivity contribution in [2.45, 2.75) is 32.7 Å². The lowest BCUT2D eigenvalue weighted by atomic mass is 10.0. The van der Waals surface area contributed by atoms with Crippen molar-refractivity contribution in [2.24, 2.45) is 0 Å². The minimum Gasteiger partial charge on any atom is -0.339 e. The van der Waals surface area contributed by atoms with Crippen LogP contribution >= 0.6 is 0 Å². The number of benzene rings is 2. The molecule has 3 amide bonds. The first-order valence-electron chi connectivity index (χ1n) is 9.38. The summed E-state index contributed by atoms with van der Waals surface area (Å²) in [5.41, 5.74) is 3.50. The van der Waals surface area contributed by atoms with Gasteiger partial charge in [-0.3, -0.25) is 14.4 Å². The number of hydrogen-bond donors (Lipinski definition) is 1. The molecule has 0 bridgehead atoms. The van der Waals surface area contributed by atoms with E-state index in [0.717, 1.165) is 5.56 Å². The van der Waals surface area contributed by atoms with Crippen LogP contribution in [0.5, 0.6) is 0 Å². The molecule has 1 heterocycles. The molecule has 1 aliphatic heterocycles. The van der Waals surface area contributed by atoms with Crippen LogP contribution in [-0.4, -0.2) is 36.2 Å².